The molecule has 126 valence electrons. The SMILES string of the molecule is c1ccc(Pc2ccccc2)cc1.c1ccc2c(c1)Cc1ccccc1-2. The van der Waals surface area contributed by atoms with Crippen LogP contribution in [0.4, 0.5) is 0 Å². The first-order valence-electron chi connectivity index (χ1n) is 8.93. The van der Waals surface area contributed by atoms with E-state index >= 15 is 0 Å². The molecule has 1 heteroatoms. The highest BCUT2D eigenvalue weighted by Gasteiger charge is 2.15. The van der Waals surface area contributed by atoms with Gasteiger partial charge in [-0.2, -0.15) is 0 Å². The summed E-state index contributed by atoms with van der Waals surface area (Å²) in [7, 11) is 0.777. The minimum absolute atomic E-state index is 0.777. The second kappa shape index (κ2) is 8.13. The van der Waals surface area contributed by atoms with E-state index in [1.165, 1.54) is 32.9 Å². The van der Waals surface area contributed by atoms with Gasteiger partial charge in [0.1, 0.15) is 0 Å². The molecule has 0 radical (unpaired) electrons. The van der Waals surface area contributed by atoms with Gasteiger partial charge in [0.25, 0.3) is 0 Å². The van der Waals surface area contributed by atoms with E-state index < -0.39 is 0 Å². The summed E-state index contributed by atoms with van der Waals surface area (Å²) < 4.78 is 0. The maximum Gasteiger partial charge on any atom is -0.00135 e. The maximum absolute atomic E-state index is 2.22. The smallest absolute Gasteiger partial charge is 0.00135 e. The third-order valence-corrected chi connectivity index (χ3v) is 5.79. The van der Waals surface area contributed by atoms with Crippen LogP contribution < -0.4 is 10.6 Å². The van der Waals surface area contributed by atoms with Gasteiger partial charge in [-0.1, -0.05) is 118 Å². The van der Waals surface area contributed by atoms with Crippen LogP contribution in [0.15, 0.2) is 109 Å². The van der Waals surface area contributed by atoms with Gasteiger partial charge in [-0.15, -0.1) is 0 Å². The minimum atomic E-state index is 0.777. The van der Waals surface area contributed by atoms with Crippen molar-refractivity contribution in [1.82, 2.24) is 0 Å². The summed E-state index contributed by atoms with van der Waals surface area (Å²) in [6.07, 6.45) is 1.10. The van der Waals surface area contributed by atoms with Crippen molar-refractivity contribution in [3.8, 4) is 11.1 Å². The van der Waals surface area contributed by atoms with Crippen molar-refractivity contribution in [2.45, 2.75) is 6.42 Å². The van der Waals surface area contributed by atoms with Gasteiger partial charge in [0, 0.05) is 0 Å². The zero-order valence-corrected chi connectivity index (χ0v) is 15.6. The molecule has 0 aromatic heterocycles. The normalized spacial score (nSPS) is 11.1. The highest BCUT2D eigenvalue weighted by molar-refractivity contribution is 7.55. The molecule has 0 atom stereocenters. The lowest BCUT2D eigenvalue weighted by Crippen LogP contribution is -2.01. The van der Waals surface area contributed by atoms with Crippen molar-refractivity contribution in [2.24, 2.45) is 0 Å². The molecule has 0 nitrogen and oxygen atoms in total. The number of hydrogen-bond acceptors (Lipinski definition) is 0. The fourth-order valence-electron chi connectivity index (χ4n) is 3.29. The van der Waals surface area contributed by atoms with E-state index in [0.717, 1.165) is 15.0 Å². The molecular formula is C25H21P. The van der Waals surface area contributed by atoms with E-state index in [-0.39, 0.29) is 0 Å². The molecule has 0 bridgehead atoms. The third-order valence-electron chi connectivity index (χ3n) is 4.54. The standard InChI is InChI=1S/C13H10.C12H11P/c1-3-7-12-10(5-1)9-11-6-2-4-8-13(11)12;1-3-7-11(8-4-1)13-12-9-5-2-6-10-12/h1-8H,9H2;1-10,13H. The Hall–Kier alpha value is -2.69. The Morgan fingerprint density at radius 2 is 0.808 bits per heavy atom. The fourth-order valence-corrected chi connectivity index (χ4v) is 4.34. The monoisotopic (exact) mass is 352 g/mol. The third kappa shape index (κ3) is 3.93. The van der Waals surface area contributed by atoms with Crippen molar-refractivity contribution in [2.75, 3.05) is 0 Å². The molecule has 0 saturated carbocycles. The van der Waals surface area contributed by atoms with E-state index in [2.05, 4.69) is 109 Å². The van der Waals surface area contributed by atoms with E-state index in [9.17, 15) is 0 Å². The van der Waals surface area contributed by atoms with Gasteiger partial charge < -0.3 is 0 Å². The van der Waals surface area contributed by atoms with E-state index in [1.807, 2.05) is 0 Å². The van der Waals surface area contributed by atoms with Crippen LogP contribution >= 0.6 is 8.58 Å². The zero-order valence-electron chi connectivity index (χ0n) is 14.6. The quantitative estimate of drug-likeness (QED) is 0.364. The molecule has 0 amide bonds. The van der Waals surface area contributed by atoms with Crippen molar-refractivity contribution in [3.63, 3.8) is 0 Å². The number of rotatable bonds is 2. The topological polar surface area (TPSA) is 0 Å². The first-order valence-corrected chi connectivity index (χ1v) is 9.93. The molecule has 0 N–H and O–H groups in total. The van der Waals surface area contributed by atoms with Crippen molar-refractivity contribution >= 4 is 19.2 Å². The van der Waals surface area contributed by atoms with Crippen molar-refractivity contribution < 1.29 is 0 Å². The van der Waals surface area contributed by atoms with Gasteiger partial charge in [-0.05, 0) is 39.3 Å². The Balaban J connectivity index is 0.000000129. The van der Waals surface area contributed by atoms with Gasteiger partial charge in [0.05, 0.1) is 0 Å². The fraction of sp³-hybridized carbons (Fsp3) is 0.0400. The zero-order chi connectivity index (χ0) is 17.6. The van der Waals surface area contributed by atoms with Crippen molar-refractivity contribution in [1.29, 1.82) is 0 Å². The van der Waals surface area contributed by atoms with Crippen LogP contribution in [0.5, 0.6) is 0 Å². The molecule has 1 aliphatic rings. The van der Waals surface area contributed by atoms with Crippen LogP contribution in [0.2, 0.25) is 0 Å². The molecular weight excluding hydrogens is 331 g/mol. The van der Waals surface area contributed by atoms with E-state index in [0.29, 0.717) is 0 Å². The lowest BCUT2D eigenvalue weighted by atomic mass is 10.1. The molecule has 0 saturated heterocycles. The second-order valence-electron chi connectivity index (χ2n) is 6.35. The van der Waals surface area contributed by atoms with Gasteiger partial charge in [0.15, 0.2) is 0 Å². The summed E-state index contributed by atoms with van der Waals surface area (Å²) in [4.78, 5) is 0. The molecule has 0 unspecified atom stereocenters. The Bertz CT molecular complexity index is 894. The van der Waals surface area contributed by atoms with Gasteiger partial charge in [-0.25, -0.2) is 0 Å². The average Bonchev–Trinajstić information content (AvgIpc) is 3.09. The summed E-state index contributed by atoms with van der Waals surface area (Å²) in [5.41, 5.74) is 5.75. The predicted molar refractivity (Wildman–Crippen MR) is 115 cm³/mol. The summed E-state index contributed by atoms with van der Waals surface area (Å²) in [5.74, 6) is 0. The molecule has 0 aliphatic heterocycles. The van der Waals surface area contributed by atoms with Crippen LogP contribution in [-0.4, -0.2) is 0 Å². The van der Waals surface area contributed by atoms with Gasteiger partial charge in [0.2, 0.25) is 0 Å². The highest BCUT2D eigenvalue weighted by Crippen LogP contribution is 2.35. The molecule has 26 heavy (non-hydrogen) atoms. The highest BCUT2D eigenvalue weighted by atomic mass is 31.1. The minimum Gasteiger partial charge on any atom is -0.0622 e. The maximum atomic E-state index is 2.22. The Morgan fingerprint density at radius 3 is 1.27 bits per heavy atom. The van der Waals surface area contributed by atoms with Crippen LogP contribution in [0.3, 0.4) is 0 Å². The Morgan fingerprint density at radius 1 is 0.423 bits per heavy atom. The number of hydrogen-bond donors (Lipinski definition) is 0. The molecule has 0 heterocycles. The summed E-state index contributed by atoms with van der Waals surface area (Å²) in [5, 5.41) is 2.79. The van der Waals surface area contributed by atoms with E-state index in [1.54, 1.807) is 0 Å². The van der Waals surface area contributed by atoms with Crippen LogP contribution in [0.1, 0.15) is 11.1 Å². The predicted octanol–water partition coefficient (Wildman–Crippen LogP) is 5.57. The first-order chi connectivity index (χ1) is 12.9. The number of benzene rings is 4. The summed E-state index contributed by atoms with van der Waals surface area (Å²) in [6.45, 7) is 0. The molecule has 5 rings (SSSR count). The lowest BCUT2D eigenvalue weighted by Gasteiger charge is -2.00. The van der Waals surface area contributed by atoms with Crippen LogP contribution in [0.25, 0.3) is 11.1 Å². The molecule has 0 spiro atoms. The largest absolute Gasteiger partial charge is 0.0622 e. The Labute approximate surface area is 157 Å². The molecule has 0 fully saturated rings. The van der Waals surface area contributed by atoms with Crippen LogP contribution in [-0.2, 0) is 6.42 Å². The molecule has 4 aromatic carbocycles. The Kier molecular flexibility index (Phi) is 5.24. The molecule has 1 aliphatic carbocycles. The lowest BCUT2D eigenvalue weighted by molar-refractivity contribution is 1.26. The van der Waals surface area contributed by atoms with Gasteiger partial charge >= 0.3 is 0 Å². The van der Waals surface area contributed by atoms with Crippen molar-refractivity contribution in [3.05, 3.63) is 120 Å². The van der Waals surface area contributed by atoms with E-state index in [4.69, 9.17) is 0 Å². The average molecular weight is 352 g/mol. The van der Waals surface area contributed by atoms with Gasteiger partial charge in [-0.3, -0.25) is 0 Å². The summed E-state index contributed by atoms with van der Waals surface area (Å²) >= 11 is 0. The number of fused-ring (bicyclic) bond motifs is 3. The first kappa shape index (κ1) is 16.8. The second-order valence-corrected chi connectivity index (χ2v) is 7.75. The summed E-state index contributed by atoms with van der Waals surface area (Å²) in [6, 6.07) is 38.5. The molecule has 4 aromatic rings. The van der Waals surface area contributed by atoms with Crippen LogP contribution in [0, 0.1) is 0 Å².